The second kappa shape index (κ2) is 4.86. The minimum atomic E-state index is 0.682. The summed E-state index contributed by atoms with van der Waals surface area (Å²) in [5, 5.41) is 3.32. The standard InChI is InChI=1S/C13H25N3/c1-10(13-5-14-6-13)7-16-8-11(2)15(4)12(3)9-16/h11-12,14H,5-9H2,1-4H3. The first-order valence-electron chi connectivity index (χ1n) is 6.40. The van der Waals surface area contributed by atoms with Crippen LogP contribution in [0.2, 0.25) is 0 Å². The Morgan fingerprint density at radius 2 is 1.81 bits per heavy atom. The van der Waals surface area contributed by atoms with Crippen molar-refractivity contribution in [2.24, 2.45) is 0 Å². The lowest BCUT2D eigenvalue weighted by Gasteiger charge is -2.43. The SMILES string of the molecule is CC(CN1CC(C)N(C)C(C)C1)=C1CNC1. The van der Waals surface area contributed by atoms with Crippen molar-refractivity contribution in [2.45, 2.75) is 32.9 Å². The molecule has 0 aliphatic carbocycles. The molecule has 3 nitrogen and oxygen atoms in total. The summed E-state index contributed by atoms with van der Waals surface area (Å²) >= 11 is 0. The number of likely N-dealkylation sites (N-methyl/N-ethyl adjacent to an activating group) is 1. The fourth-order valence-electron chi connectivity index (χ4n) is 2.64. The van der Waals surface area contributed by atoms with Gasteiger partial charge in [-0.15, -0.1) is 0 Å². The molecule has 16 heavy (non-hydrogen) atoms. The molecule has 0 spiro atoms. The lowest BCUT2D eigenvalue weighted by atomic mass is 10.0. The normalized spacial score (nSPS) is 32.6. The van der Waals surface area contributed by atoms with Crippen LogP contribution >= 0.6 is 0 Å². The number of nitrogens with one attached hydrogen (secondary N) is 1. The molecule has 2 aliphatic rings. The van der Waals surface area contributed by atoms with E-state index in [0.29, 0.717) is 12.1 Å². The molecule has 0 aromatic carbocycles. The number of piperazine rings is 1. The molecule has 1 N–H and O–H groups in total. The number of nitrogens with zero attached hydrogens (tertiary/aromatic N) is 2. The van der Waals surface area contributed by atoms with Crippen LogP contribution in [0.3, 0.4) is 0 Å². The zero-order valence-corrected chi connectivity index (χ0v) is 11.1. The Bertz CT molecular complexity index is 267. The van der Waals surface area contributed by atoms with Gasteiger partial charge < -0.3 is 5.32 Å². The Hall–Kier alpha value is -0.380. The predicted octanol–water partition coefficient (Wildman–Crippen LogP) is 0.930. The molecule has 0 radical (unpaired) electrons. The minimum Gasteiger partial charge on any atom is -0.309 e. The maximum Gasteiger partial charge on any atom is 0.0195 e. The van der Waals surface area contributed by atoms with Crippen LogP contribution in [0.25, 0.3) is 0 Å². The molecule has 2 rings (SSSR count). The van der Waals surface area contributed by atoms with Gasteiger partial charge in [0.05, 0.1) is 0 Å². The fourth-order valence-corrected chi connectivity index (χ4v) is 2.64. The summed E-state index contributed by atoms with van der Waals surface area (Å²) in [6.07, 6.45) is 0. The van der Waals surface area contributed by atoms with E-state index in [0.717, 1.165) is 13.1 Å². The summed E-state index contributed by atoms with van der Waals surface area (Å²) in [7, 11) is 2.24. The molecular weight excluding hydrogens is 198 g/mol. The van der Waals surface area contributed by atoms with E-state index in [-0.39, 0.29) is 0 Å². The lowest BCUT2D eigenvalue weighted by molar-refractivity contribution is 0.0655. The van der Waals surface area contributed by atoms with Crippen molar-refractivity contribution in [1.82, 2.24) is 15.1 Å². The summed E-state index contributed by atoms with van der Waals surface area (Å²) in [6.45, 7) is 12.8. The van der Waals surface area contributed by atoms with Crippen LogP contribution in [-0.2, 0) is 0 Å². The molecule has 0 saturated carbocycles. The van der Waals surface area contributed by atoms with Gasteiger partial charge in [0, 0.05) is 44.8 Å². The largest absolute Gasteiger partial charge is 0.309 e. The Kier molecular flexibility index (Phi) is 3.67. The molecular formula is C13H25N3. The van der Waals surface area contributed by atoms with Gasteiger partial charge in [-0.25, -0.2) is 0 Å². The van der Waals surface area contributed by atoms with Gasteiger partial charge in [0.25, 0.3) is 0 Å². The van der Waals surface area contributed by atoms with Crippen LogP contribution in [0, 0.1) is 0 Å². The quantitative estimate of drug-likeness (QED) is 0.703. The first kappa shape index (κ1) is 12.1. The maximum atomic E-state index is 3.32. The van der Waals surface area contributed by atoms with E-state index in [1.54, 1.807) is 11.1 Å². The van der Waals surface area contributed by atoms with Crippen molar-refractivity contribution in [3.05, 3.63) is 11.1 Å². The van der Waals surface area contributed by atoms with E-state index < -0.39 is 0 Å². The minimum absolute atomic E-state index is 0.682. The van der Waals surface area contributed by atoms with E-state index in [1.165, 1.54) is 19.6 Å². The van der Waals surface area contributed by atoms with Gasteiger partial charge in [-0.05, 0) is 33.4 Å². The highest BCUT2D eigenvalue weighted by Gasteiger charge is 2.26. The highest BCUT2D eigenvalue weighted by Crippen LogP contribution is 2.16. The summed E-state index contributed by atoms with van der Waals surface area (Å²) < 4.78 is 0. The Morgan fingerprint density at radius 1 is 1.25 bits per heavy atom. The monoisotopic (exact) mass is 223 g/mol. The van der Waals surface area contributed by atoms with Crippen LogP contribution in [-0.4, -0.2) is 61.7 Å². The van der Waals surface area contributed by atoms with Crippen LogP contribution in [0.15, 0.2) is 11.1 Å². The second-order valence-corrected chi connectivity index (χ2v) is 5.55. The van der Waals surface area contributed by atoms with Gasteiger partial charge in [0.1, 0.15) is 0 Å². The van der Waals surface area contributed by atoms with Gasteiger partial charge in [-0.1, -0.05) is 5.57 Å². The van der Waals surface area contributed by atoms with E-state index in [2.05, 4.69) is 42.9 Å². The van der Waals surface area contributed by atoms with E-state index in [9.17, 15) is 0 Å². The third-order valence-electron chi connectivity index (χ3n) is 4.18. The van der Waals surface area contributed by atoms with Crippen molar-refractivity contribution in [3.63, 3.8) is 0 Å². The average molecular weight is 223 g/mol. The smallest absolute Gasteiger partial charge is 0.0195 e. The van der Waals surface area contributed by atoms with Crippen LogP contribution in [0.4, 0.5) is 0 Å². The zero-order chi connectivity index (χ0) is 11.7. The molecule has 2 atom stereocenters. The van der Waals surface area contributed by atoms with Crippen molar-refractivity contribution < 1.29 is 0 Å². The summed E-state index contributed by atoms with van der Waals surface area (Å²) in [4.78, 5) is 5.10. The Morgan fingerprint density at radius 3 is 2.25 bits per heavy atom. The molecule has 0 aromatic rings. The van der Waals surface area contributed by atoms with Crippen LogP contribution in [0.1, 0.15) is 20.8 Å². The van der Waals surface area contributed by atoms with Gasteiger partial charge in [0.15, 0.2) is 0 Å². The number of hydrogen-bond donors (Lipinski definition) is 1. The average Bonchev–Trinajstić information content (AvgIpc) is 2.10. The molecule has 0 amide bonds. The Balaban J connectivity index is 1.91. The highest BCUT2D eigenvalue weighted by molar-refractivity contribution is 5.22. The van der Waals surface area contributed by atoms with Gasteiger partial charge in [-0.3, -0.25) is 9.80 Å². The first-order valence-corrected chi connectivity index (χ1v) is 6.40. The van der Waals surface area contributed by atoms with E-state index >= 15 is 0 Å². The summed E-state index contributed by atoms with van der Waals surface area (Å²) in [5.41, 5.74) is 3.21. The predicted molar refractivity (Wildman–Crippen MR) is 68.7 cm³/mol. The highest BCUT2D eigenvalue weighted by atomic mass is 15.3. The molecule has 92 valence electrons. The maximum absolute atomic E-state index is 3.32. The van der Waals surface area contributed by atoms with Crippen molar-refractivity contribution in [2.75, 3.05) is 39.8 Å². The molecule has 0 bridgehead atoms. The first-order chi connectivity index (χ1) is 7.58. The fraction of sp³-hybridized carbons (Fsp3) is 0.846. The van der Waals surface area contributed by atoms with Crippen LogP contribution < -0.4 is 5.32 Å². The zero-order valence-electron chi connectivity index (χ0n) is 11.1. The third kappa shape index (κ3) is 2.47. The Labute approximate surface area is 99.5 Å². The second-order valence-electron chi connectivity index (χ2n) is 5.55. The summed E-state index contributed by atoms with van der Waals surface area (Å²) in [5.74, 6) is 0. The topological polar surface area (TPSA) is 18.5 Å². The van der Waals surface area contributed by atoms with Crippen LogP contribution in [0.5, 0.6) is 0 Å². The van der Waals surface area contributed by atoms with Crippen molar-refractivity contribution in [1.29, 1.82) is 0 Å². The molecule has 2 saturated heterocycles. The molecule has 3 heteroatoms. The van der Waals surface area contributed by atoms with E-state index in [1.807, 2.05) is 0 Å². The lowest BCUT2D eigenvalue weighted by Crippen LogP contribution is -2.55. The van der Waals surface area contributed by atoms with Crippen molar-refractivity contribution >= 4 is 0 Å². The third-order valence-corrected chi connectivity index (χ3v) is 4.18. The molecule has 2 heterocycles. The van der Waals surface area contributed by atoms with Gasteiger partial charge in [0.2, 0.25) is 0 Å². The molecule has 2 aliphatic heterocycles. The van der Waals surface area contributed by atoms with Gasteiger partial charge >= 0.3 is 0 Å². The number of rotatable bonds is 2. The molecule has 2 fully saturated rings. The molecule has 2 unspecified atom stereocenters. The number of hydrogen-bond acceptors (Lipinski definition) is 3. The summed E-state index contributed by atoms with van der Waals surface area (Å²) in [6, 6.07) is 1.36. The van der Waals surface area contributed by atoms with Crippen molar-refractivity contribution in [3.8, 4) is 0 Å². The van der Waals surface area contributed by atoms with Gasteiger partial charge in [-0.2, -0.15) is 0 Å². The molecule has 0 aromatic heterocycles. The van der Waals surface area contributed by atoms with E-state index in [4.69, 9.17) is 0 Å².